The molecule has 0 aliphatic rings. The molecule has 0 saturated heterocycles. The lowest BCUT2D eigenvalue weighted by molar-refractivity contribution is 0.475. The van der Waals surface area contributed by atoms with Gasteiger partial charge in [-0.15, -0.1) is 0 Å². The van der Waals surface area contributed by atoms with Gasteiger partial charge in [0.2, 0.25) is 0 Å². The van der Waals surface area contributed by atoms with Crippen molar-refractivity contribution in [3.8, 4) is 5.75 Å². The summed E-state index contributed by atoms with van der Waals surface area (Å²) in [4.78, 5) is 4.25. The third kappa shape index (κ3) is 3.13. The largest absolute Gasteiger partial charge is 0.508 e. The van der Waals surface area contributed by atoms with Crippen molar-refractivity contribution in [2.75, 3.05) is 17.6 Å². The highest BCUT2D eigenvalue weighted by Crippen LogP contribution is 2.16. The Kier molecular flexibility index (Phi) is 3.67. The molecule has 0 saturated carbocycles. The molecule has 0 bridgehead atoms. The van der Waals surface area contributed by atoms with Crippen molar-refractivity contribution < 1.29 is 5.11 Å². The zero-order valence-corrected chi connectivity index (χ0v) is 10.4. The van der Waals surface area contributed by atoms with Gasteiger partial charge in [0.15, 0.2) is 0 Å². The predicted octanol–water partition coefficient (Wildman–Crippen LogP) is 2.33. The lowest BCUT2D eigenvalue weighted by Crippen LogP contribution is -2.08. The van der Waals surface area contributed by atoms with Crippen molar-refractivity contribution in [2.24, 2.45) is 0 Å². The van der Waals surface area contributed by atoms with Gasteiger partial charge in [0, 0.05) is 12.7 Å². The van der Waals surface area contributed by atoms with Crippen LogP contribution in [-0.4, -0.2) is 16.6 Å². The molecule has 0 aliphatic heterocycles. The number of aryl methyl sites for hydroxylation is 1. The lowest BCUT2D eigenvalue weighted by atomic mass is 10.1. The minimum absolute atomic E-state index is 0.288. The second-order valence-electron chi connectivity index (χ2n) is 4.29. The van der Waals surface area contributed by atoms with Crippen molar-refractivity contribution in [3.63, 3.8) is 0 Å². The molecule has 0 spiro atoms. The maximum atomic E-state index is 9.18. The number of benzene rings is 1. The van der Waals surface area contributed by atoms with E-state index in [1.165, 1.54) is 0 Å². The van der Waals surface area contributed by atoms with Gasteiger partial charge in [0.25, 0.3) is 0 Å². The van der Waals surface area contributed by atoms with Crippen molar-refractivity contribution in [1.82, 2.24) is 4.98 Å². The maximum Gasteiger partial charge on any atom is 0.149 e. The Morgan fingerprint density at radius 3 is 2.67 bits per heavy atom. The van der Waals surface area contributed by atoms with Crippen LogP contribution in [0.1, 0.15) is 11.1 Å². The van der Waals surface area contributed by atoms with E-state index in [4.69, 9.17) is 5.73 Å². The molecule has 18 heavy (non-hydrogen) atoms. The van der Waals surface area contributed by atoms with Crippen molar-refractivity contribution in [1.29, 1.82) is 0 Å². The first-order chi connectivity index (χ1) is 8.65. The molecule has 2 aromatic rings. The average molecular weight is 243 g/mol. The SMILES string of the molecule is Cc1cnc(NCCc2ccc(O)cc2)c(N)c1. The molecule has 1 heterocycles. The maximum absolute atomic E-state index is 9.18. The number of nitrogens with two attached hydrogens (primary N) is 1. The van der Waals surface area contributed by atoms with Crippen LogP contribution in [0.25, 0.3) is 0 Å². The third-order valence-electron chi connectivity index (χ3n) is 2.70. The molecule has 1 aromatic carbocycles. The predicted molar refractivity (Wildman–Crippen MR) is 73.7 cm³/mol. The normalized spacial score (nSPS) is 10.3. The Hall–Kier alpha value is -2.23. The van der Waals surface area contributed by atoms with Crippen LogP contribution in [0, 0.1) is 6.92 Å². The van der Waals surface area contributed by atoms with Crippen molar-refractivity contribution in [2.45, 2.75) is 13.3 Å². The molecule has 0 amide bonds. The van der Waals surface area contributed by atoms with Gasteiger partial charge in [-0.1, -0.05) is 12.1 Å². The molecule has 1 aromatic heterocycles. The number of hydrogen-bond acceptors (Lipinski definition) is 4. The van der Waals surface area contributed by atoms with E-state index in [-0.39, 0.29) is 5.75 Å². The molecule has 0 unspecified atom stereocenters. The zero-order chi connectivity index (χ0) is 13.0. The number of nitrogens with zero attached hydrogens (tertiary/aromatic N) is 1. The molecule has 0 fully saturated rings. The first kappa shape index (κ1) is 12.2. The summed E-state index contributed by atoms with van der Waals surface area (Å²) in [6, 6.07) is 9.09. The van der Waals surface area contributed by atoms with Crippen LogP contribution in [0.3, 0.4) is 0 Å². The van der Waals surface area contributed by atoms with Gasteiger partial charge in [0.1, 0.15) is 11.6 Å². The summed E-state index contributed by atoms with van der Waals surface area (Å²) in [6.45, 7) is 2.72. The summed E-state index contributed by atoms with van der Waals surface area (Å²) in [5.41, 5.74) is 8.74. The molecule has 4 heteroatoms. The summed E-state index contributed by atoms with van der Waals surface area (Å²) >= 11 is 0. The number of aromatic hydroxyl groups is 1. The molecule has 0 radical (unpaired) electrons. The quantitative estimate of drug-likeness (QED) is 0.770. The van der Waals surface area contributed by atoms with Gasteiger partial charge in [-0.2, -0.15) is 0 Å². The summed E-state index contributed by atoms with van der Waals surface area (Å²) in [5.74, 6) is 1.01. The number of nitrogens with one attached hydrogen (secondary N) is 1. The number of phenolic OH excluding ortho intramolecular Hbond substituents is 1. The molecule has 0 aliphatic carbocycles. The van der Waals surface area contributed by atoms with E-state index in [1.54, 1.807) is 18.3 Å². The summed E-state index contributed by atoms with van der Waals surface area (Å²) in [7, 11) is 0. The van der Waals surface area contributed by atoms with E-state index >= 15 is 0 Å². The van der Waals surface area contributed by atoms with E-state index in [0.29, 0.717) is 5.69 Å². The second-order valence-corrected chi connectivity index (χ2v) is 4.29. The number of hydrogen-bond donors (Lipinski definition) is 3. The Balaban J connectivity index is 1.90. The fourth-order valence-corrected chi connectivity index (χ4v) is 1.73. The smallest absolute Gasteiger partial charge is 0.149 e. The molecular weight excluding hydrogens is 226 g/mol. The minimum atomic E-state index is 0.288. The van der Waals surface area contributed by atoms with E-state index < -0.39 is 0 Å². The molecule has 94 valence electrons. The van der Waals surface area contributed by atoms with Gasteiger partial charge < -0.3 is 16.2 Å². The topological polar surface area (TPSA) is 71.2 Å². The molecule has 4 N–H and O–H groups in total. The summed E-state index contributed by atoms with van der Waals surface area (Å²) < 4.78 is 0. The van der Waals surface area contributed by atoms with E-state index in [0.717, 1.165) is 29.9 Å². The standard InChI is InChI=1S/C14H17N3O/c1-10-8-13(15)14(17-9-10)16-7-6-11-2-4-12(18)5-3-11/h2-5,8-9,18H,6-7,15H2,1H3,(H,16,17). The molecule has 2 rings (SSSR count). The van der Waals surface area contributed by atoms with Crippen LogP contribution in [0.15, 0.2) is 36.5 Å². The van der Waals surface area contributed by atoms with E-state index in [2.05, 4.69) is 10.3 Å². The van der Waals surface area contributed by atoms with Crippen LogP contribution in [0.2, 0.25) is 0 Å². The Labute approximate surface area is 106 Å². The molecule has 4 nitrogen and oxygen atoms in total. The highest BCUT2D eigenvalue weighted by atomic mass is 16.3. The van der Waals surface area contributed by atoms with Crippen LogP contribution < -0.4 is 11.1 Å². The molecule has 0 atom stereocenters. The van der Waals surface area contributed by atoms with Crippen LogP contribution in [0.5, 0.6) is 5.75 Å². The lowest BCUT2D eigenvalue weighted by Gasteiger charge is -2.08. The Morgan fingerprint density at radius 1 is 1.28 bits per heavy atom. The van der Waals surface area contributed by atoms with Gasteiger partial charge in [0.05, 0.1) is 5.69 Å². The number of nitrogen functional groups attached to an aromatic ring is 1. The number of rotatable bonds is 4. The first-order valence-electron chi connectivity index (χ1n) is 5.89. The Morgan fingerprint density at radius 2 is 2.00 bits per heavy atom. The fourth-order valence-electron chi connectivity index (χ4n) is 1.73. The average Bonchev–Trinajstić information content (AvgIpc) is 2.34. The zero-order valence-electron chi connectivity index (χ0n) is 10.4. The van der Waals surface area contributed by atoms with Gasteiger partial charge >= 0.3 is 0 Å². The van der Waals surface area contributed by atoms with E-state index in [1.807, 2.05) is 25.1 Å². The highest BCUT2D eigenvalue weighted by molar-refractivity contribution is 5.61. The number of anilines is 2. The first-order valence-corrected chi connectivity index (χ1v) is 5.89. The highest BCUT2D eigenvalue weighted by Gasteiger charge is 2.00. The molecular formula is C14H17N3O. The fraction of sp³-hybridized carbons (Fsp3) is 0.214. The monoisotopic (exact) mass is 243 g/mol. The summed E-state index contributed by atoms with van der Waals surface area (Å²) in [5, 5.41) is 12.4. The van der Waals surface area contributed by atoms with E-state index in [9.17, 15) is 5.11 Å². The summed E-state index contributed by atoms with van der Waals surface area (Å²) in [6.07, 6.45) is 2.65. The van der Waals surface area contributed by atoms with Gasteiger partial charge in [-0.25, -0.2) is 4.98 Å². The van der Waals surface area contributed by atoms with Crippen molar-refractivity contribution in [3.05, 3.63) is 47.7 Å². The third-order valence-corrected chi connectivity index (χ3v) is 2.70. The van der Waals surface area contributed by atoms with Crippen LogP contribution in [0.4, 0.5) is 11.5 Å². The second kappa shape index (κ2) is 5.40. The van der Waals surface area contributed by atoms with Crippen LogP contribution in [-0.2, 0) is 6.42 Å². The van der Waals surface area contributed by atoms with Crippen LogP contribution >= 0.6 is 0 Å². The number of phenols is 1. The van der Waals surface area contributed by atoms with Gasteiger partial charge in [-0.05, 0) is 42.7 Å². The number of pyridine rings is 1. The van der Waals surface area contributed by atoms with Crippen molar-refractivity contribution >= 4 is 11.5 Å². The number of aromatic nitrogens is 1. The van der Waals surface area contributed by atoms with Gasteiger partial charge in [-0.3, -0.25) is 0 Å². The minimum Gasteiger partial charge on any atom is -0.508 e. The Bertz CT molecular complexity index is 523.